The van der Waals surface area contributed by atoms with Gasteiger partial charge in [0.05, 0.1) is 17.5 Å². The summed E-state index contributed by atoms with van der Waals surface area (Å²) in [6.45, 7) is 6.18. The van der Waals surface area contributed by atoms with Crippen LogP contribution in [0.4, 0.5) is 0 Å². The van der Waals surface area contributed by atoms with Crippen molar-refractivity contribution in [2.24, 2.45) is 0 Å². The van der Waals surface area contributed by atoms with Gasteiger partial charge in [0.15, 0.2) is 0 Å². The van der Waals surface area contributed by atoms with Gasteiger partial charge >= 0.3 is 0 Å². The van der Waals surface area contributed by atoms with E-state index in [4.69, 9.17) is 0 Å². The van der Waals surface area contributed by atoms with Gasteiger partial charge in [0.2, 0.25) is 15.9 Å². The third-order valence-corrected chi connectivity index (χ3v) is 8.18. The van der Waals surface area contributed by atoms with Gasteiger partial charge in [0.1, 0.15) is 0 Å². The summed E-state index contributed by atoms with van der Waals surface area (Å²) in [5.41, 5.74) is 2.29. The van der Waals surface area contributed by atoms with Crippen LogP contribution in [0, 0.1) is 6.92 Å². The first-order valence-electron chi connectivity index (χ1n) is 11.4. The van der Waals surface area contributed by atoms with Gasteiger partial charge in [0.25, 0.3) is 0 Å². The van der Waals surface area contributed by atoms with E-state index in [0.717, 1.165) is 22.8 Å². The second-order valence-corrected chi connectivity index (χ2v) is 10.6. The van der Waals surface area contributed by atoms with Crippen LogP contribution in [0.25, 0.3) is 10.8 Å². The number of carbonyl (C=O) groups excluding carboxylic acids is 1. The Morgan fingerprint density at radius 1 is 0.939 bits per heavy atom. The Balaban J connectivity index is 1.34. The van der Waals surface area contributed by atoms with Crippen LogP contribution >= 0.6 is 0 Å². The molecular weight excluding hydrogens is 434 g/mol. The van der Waals surface area contributed by atoms with E-state index in [1.165, 1.54) is 9.87 Å². The van der Waals surface area contributed by atoms with Gasteiger partial charge in [-0.15, -0.1) is 0 Å². The topological polar surface area (TPSA) is 69.7 Å². The lowest BCUT2D eigenvalue weighted by molar-refractivity contribution is -0.123. The number of hydrogen-bond donors (Lipinski definition) is 1. The molecule has 0 radical (unpaired) electrons. The number of sulfonamides is 1. The summed E-state index contributed by atoms with van der Waals surface area (Å²) in [6, 6.07) is 21.2. The van der Waals surface area contributed by atoms with E-state index in [9.17, 15) is 13.2 Å². The van der Waals surface area contributed by atoms with E-state index in [2.05, 4.69) is 36.5 Å². The number of piperazine rings is 1. The molecule has 0 aromatic heterocycles. The number of fused-ring (bicyclic) bond motifs is 1. The second kappa shape index (κ2) is 10.0. The number of carbonyl (C=O) groups is 1. The molecule has 174 valence electrons. The lowest BCUT2D eigenvalue weighted by Gasteiger charge is -2.33. The van der Waals surface area contributed by atoms with Crippen molar-refractivity contribution in [3.8, 4) is 0 Å². The highest BCUT2D eigenvalue weighted by Gasteiger charge is 2.29. The zero-order chi connectivity index (χ0) is 23.4. The van der Waals surface area contributed by atoms with Crippen LogP contribution < -0.4 is 5.32 Å². The minimum Gasteiger partial charge on any atom is -0.348 e. The van der Waals surface area contributed by atoms with E-state index in [0.29, 0.717) is 31.1 Å². The van der Waals surface area contributed by atoms with Crippen molar-refractivity contribution < 1.29 is 13.2 Å². The number of amides is 1. The predicted molar refractivity (Wildman–Crippen MR) is 132 cm³/mol. The number of nitrogens with zero attached hydrogens (tertiary/aromatic N) is 2. The van der Waals surface area contributed by atoms with E-state index in [1.807, 2.05) is 42.2 Å². The monoisotopic (exact) mass is 465 g/mol. The number of rotatable bonds is 7. The molecule has 1 N–H and O–H groups in total. The Hall–Kier alpha value is -2.74. The lowest BCUT2D eigenvalue weighted by atomic mass is 10.0. The normalized spacial score (nSPS) is 16.5. The molecule has 1 aliphatic heterocycles. The maximum absolute atomic E-state index is 13.2. The Morgan fingerprint density at radius 2 is 1.61 bits per heavy atom. The van der Waals surface area contributed by atoms with Crippen molar-refractivity contribution >= 4 is 26.7 Å². The number of aryl methyl sites for hydroxylation is 1. The molecule has 7 heteroatoms. The summed E-state index contributed by atoms with van der Waals surface area (Å²) in [5, 5.41) is 5.05. The smallest absolute Gasteiger partial charge is 0.243 e. The summed E-state index contributed by atoms with van der Waals surface area (Å²) in [6.07, 6.45) is 0.812. The van der Waals surface area contributed by atoms with Gasteiger partial charge in [-0.3, -0.25) is 9.69 Å². The largest absolute Gasteiger partial charge is 0.348 e. The van der Waals surface area contributed by atoms with E-state index in [-0.39, 0.29) is 18.5 Å². The first kappa shape index (κ1) is 23.4. The first-order chi connectivity index (χ1) is 15.9. The van der Waals surface area contributed by atoms with Crippen molar-refractivity contribution in [2.45, 2.75) is 31.2 Å². The first-order valence-corrected chi connectivity index (χ1v) is 12.9. The standard InChI is InChI=1S/C26H31N3O3S/c1-3-25(22-10-8-20(2)9-11-22)27-26(30)19-28-14-16-29(17-15-28)33(31,32)24-13-12-21-6-4-5-7-23(21)18-24/h4-13,18,25H,3,14-17,19H2,1-2H3,(H,27,30). The van der Waals surface area contributed by atoms with Gasteiger partial charge in [-0.05, 0) is 41.8 Å². The third kappa shape index (κ3) is 5.43. The van der Waals surface area contributed by atoms with Crippen molar-refractivity contribution in [1.29, 1.82) is 0 Å². The van der Waals surface area contributed by atoms with Crippen LogP contribution in [-0.2, 0) is 14.8 Å². The molecule has 1 saturated heterocycles. The van der Waals surface area contributed by atoms with Crippen LogP contribution in [0.2, 0.25) is 0 Å². The fourth-order valence-corrected chi connectivity index (χ4v) is 5.73. The van der Waals surface area contributed by atoms with Crippen molar-refractivity contribution in [1.82, 2.24) is 14.5 Å². The molecule has 1 atom stereocenters. The summed E-state index contributed by atoms with van der Waals surface area (Å²) in [4.78, 5) is 15.0. The second-order valence-electron chi connectivity index (χ2n) is 8.63. The maximum atomic E-state index is 13.2. The predicted octanol–water partition coefficient (Wildman–Crippen LogP) is 3.72. The molecule has 0 spiro atoms. The Bertz CT molecular complexity index is 1220. The molecule has 0 saturated carbocycles. The zero-order valence-corrected chi connectivity index (χ0v) is 20.0. The van der Waals surface area contributed by atoms with Gasteiger partial charge < -0.3 is 5.32 Å². The molecule has 1 unspecified atom stereocenters. The summed E-state index contributed by atoms with van der Waals surface area (Å²) in [5.74, 6) is -0.0340. The van der Waals surface area contributed by atoms with Crippen LogP contribution in [0.15, 0.2) is 71.6 Å². The molecule has 3 aromatic carbocycles. The molecule has 3 aromatic rings. The Labute approximate surface area is 196 Å². The van der Waals surface area contributed by atoms with E-state index >= 15 is 0 Å². The Morgan fingerprint density at radius 3 is 2.27 bits per heavy atom. The summed E-state index contributed by atoms with van der Waals surface area (Å²) in [7, 11) is -3.56. The maximum Gasteiger partial charge on any atom is 0.243 e. The van der Waals surface area contributed by atoms with Crippen molar-refractivity contribution in [3.05, 3.63) is 77.9 Å². The minimum atomic E-state index is -3.56. The van der Waals surface area contributed by atoms with Crippen molar-refractivity contribution in [2.75, 3.05) is 32.7 Å². The van der Waals surface area contributed by atoms with Crippen molar-refractivity contribution in [3.63, 3.8) is 0 Å². The lowest BCUT2D eigenvalue weighted by Crippen LogP contribution is -2.51. The number of hydrogen-bond acceptors (Lipinski definition) is 4. The molecule has 1 aliphatic rings. The minimum absolute atomic E-state index is 0.0207. The summed E-state index contributed by atoms with van der Waals surface area (Å²) >= 11 is 0. The molecule has 4 rings (SSSR count). The quantitative estimate of drug-likeness (QED) is 0.577. The molecule has 1 fully saturated rings. The molecule has 33 heavy (non-hydrogen) atoms. The van der Waals surface area contributed by atoms with Gasteiger partial charge in [-0.1, -0.05) is 67.1 Å². The molecule has 0 bridgehead atoms. The fraction of sp³-hybridized carbons (Fsp3) is 0.346. The van der Waals surface area contributed by atoms with Gasteiger partial charge in [0, 0.05) is 26.2 Å². The van der Waals surface area contributed by atoms with Crippen LogP contribution in [0.3, 0.4) is 0 Å². The zero-order valence-electron chi connectivity index (χ0n) is 19.2. The number of benzene rings is 3. The van der Waals surface area contributed by atoms with Crippen LogP contribution in [0.5, 0.6) is 0 Å². The van der Waals surface area contributed by atoms with Crippen LogP contribution in [-0.4, -0.2) is 56.3 Å². The molecule has 0 aliphatic carbocycles. The van der Waals surface area contributed by atoms with E-state index < -0.39 is 10.0 Å². The van der Waals surface area contributed by atoms with E-state index in [1.54, 1.807) is 12.1 Å². The van der Waals surface area contributed by atoms with Crippen LogP contribution in [0.1, 0.15) is 30.5 Å². The Kier molecular flexibility index (Phi) is 7.12. The average Bonchev–Trinajstić information content (AvgIpc) is 2.83. The SMILES string of the molecule is CCC(NC(=O)CN1CCN(S(=O)(=O)c2ccc3ccccc3c2)CC1)c1ccc(C)cc1. The van der Waals surface area contributed by atoms with Gasteiger partial charge in [-0.25, -0.2) is 8.42 Å². The highest BCUT2D eigenvalue weighted by molar-refractivity contribution is 7.89. The highest BCUT2D eigenvalue weighted by atomic mass is 32.2. The summed E-state index contributed by atoms with van der Waals surface area (Å²) < 4.78 is 27.8. The average molecular weight is 466 g/mol. The molecular formula is C26H31N3O3S. The van der Waals surface area contributed by atoms with Gasteiger partial charge in [-0.2, -0.15) is 4.31 Å². The molecule has 6 nitrogen and oxygen atoms in total. The molecule has 1 heterocycles. The third-order valence-electron chi connectivity index (χ3n) is 6.28. The molecule has 1 amide bonds. The fourth-order valence-electron chi connectivity index (χ4n) is 4.27. The number of nitrogens with one attached hydrogen (secondary N) is 1. The highest BCUT2D eigenvalue weighted by Crippen LogP contribution is 2.23.